The van der Waals surface area contributed by atoms with Crippen molar-refractivity contribution in [1.82, 2.24) is 14.5 Å². The zero-order chi connectivity index (χ0) is 18.8. The fourth-order valence-electron chi connectivity index (χ4n) is 3.88. The Morgan fingerprint density at radius 3 is 2.59 bits per heavy atom. The van der Waals surface area contributed by atoms with E-state index in [1.54, 1.807) is 18.2 Å². The summed E-state index contributed by atoms with van der Waals surface area (Å²) in [6, 6.07) is 16.9. The number of para-hydroxylation sites is 1. The number of alkyl halides is 2. The topological polar surface area (TPSA) is 38.1 Å². The first kappa shape index (κ1) is 17.8. The van der Waals surface area contributed by atoms with E-state index in [-0.39, 0.29) is 11.6 Å². The Labute approximate surface area is 156 Å². The van der Waals surface area contributed by atoms with Crippen LogP contribution >= 0.6 is 0 Å². The van der Waals surface area contributed by atoms with Crippen LogP contribution in [0.25, 0.3) is 10.9 Å². The number of likely N-dealkylation sites (tertiary alicyclic amines) is 1. The quantitative estimate of drug-likeness (QED) is 0.682. The standard InChI is InChI=1S/C21H21F2N3O/c22-19(23)14-26-20(24-17-10-5-4-9-16(17)21(26)27)18-11-6-12-25(18)13-15-7-2-1-3-8-15/h1-5,7-10,18-19H,6,11-14H2. The number of aromatic nitrogens is 2. The van der Waals surface area contributed by atoms with Gasteiger partial charge in [-0.2, -0.15) is 0 Å². The van der Waals surface area contributed by atoms with Crippen LogP contribution in [0.1, 0.15) is 30.3 Å². The highest BCUT2D eigenvalue weighted by Gasteiger charge is 2.31. The van der Waals surface area contributed by atoms with Gasteiger partial charge in [-0.3, -0.25) is 14.3 Å². The molecule has 0 spiro atoms. The fourth-order valence-corrected chi connectivity index (χ4v) is 3.88. The summed E-state index contributed by atoms with van der Waals surface area (Å²) in [5.74, 6) is 0.451. The number of halogens is 2. The maximum Gasteiger partial charge on any atom is 0.261 e. The molecular formula is C21H21F2N3O. The number of hydrogen-bond acceptors (Lipinski definition) is 3. The summed E-state index contributed by atoms with van der Waals surface area (Å²) in [4.78, 5) is 19.8. The first-order chi connectivity index (χ1) is 13.1. The van der Waals surface area contributed by atoms with Crippen LogP contribution in [-0.2, 0) is 13.1 Å². The van der Waals surface area contributed by atoms with E-state index in [2.05, 4.69) is 22.0 Å². The van der Waals surface area contributed by atoms with Gasteiger partial charge in [-0.05, 0) is 37.1 Å². The van der Waals surface area contributed by atoms with Gasteiger partial charge in [0.25, 0.3) is 12.0 Å². The Hall–Kier alpha value is -2.60. The van der Waals surface area contributed by atoms with Crippen molar-refractivity contribution in [1.29, 1.82) is 0 Å². The minimum Gasteiger partial charge on any atom is -0.289 e. The van der Waals surface area contributed by atoms with Crippen LogP contribution in [0.2, 0.25) is 0 Å². The number of nitrogens with zero attached hydrogens (tertiary/aromatic N) is 3. The molecule has 1 unspecified atom stereocenters. The first-order valence-corrected chi connectivity index (χ1v) is 9.19. The van der Waals surface area contributed by atoms with Crippen molar-refractivity contribution < 1.29 is 8.78 Å². The maximum atomic E-state index is 13.2. The third kappa shape index (κ3) is 3.62. The number of benzene rings is 2. The monoisotopic (exact) mass is 369 g/mol. The van der Waals surface area contributed by atoms with Gasteiger partial charge in [-0.15, -0.1) is 0 Å². The highest BCUT2D eigenvalue weighted by molar-refractivity contribution is 5.77. The van der Waals surface area contributed by atoms with Gasteiger partial charge in [0.05, 0.1) is 23.5 Å². The van der Waals surface area contributed by atoms with Crippen LogP contribution < -0.4 is 5.56 Å². The van der Waals surface area contributed by atoms with E-state index in [9.17, 15) is 13.6 Å². The van der Waals surface area contributed by atoms with Crippen molar-refractivity contribution in [2.75, 3.05) is 6.54 Å². The molecule has 4 rings (SSSR count). The molecule has 1 fully saturated rings. The summed E-state index contributed by atoms with van der Waals surface area (Å²) >= 11 is 0. The molecule has 2 heterocycles. The smallest absolute Gasteiger partial charge is 0.261 e. The summed E-state index contributed by atoms with van der Waals surface area (Å²) < 4.78 is 27.6. The second-order valence-corrected chi connectivity index (χ2v) is 6.91. The Morgan fingerprint density at radius 1 is 1.07 bits per heavy atom. The molecule has 1 aliphatic rings. The zero-order valence-corrected chi connectivity index (χ0v) is 14.9. The molecule has 0 bridgehead atoms. The third-order valence-electron chi connectivity index (χ3n) is 5.10. The Bertz CT molecular complexity index is 988. The fraction of sp³-hybridized carbons (Fsp3) is 0.333. The van der Waals surface area contributed by atoms with Crippen LogP contribution in [0.4, 0.5) is 8.78 Å². The number of hydrogen-bond donors (Lipinski definition) is 0. The molecule has 1 aromatic heterocycles. The van der Waals surface area contributed by atoms with E-state index in [1.165, 1.54) is 4.57 Å². The lowest BCUT2D eigenvalue weighted by molar-refractivity contribution is 0.120. The normalized spacial score (nSPS) is 17.8. The highest BCUT2D eigenvalue weighted by atomic mass is 19.3. The summed E-state index contributed by atoms with van der Waals surface area (Å²) in [5, 5.41) is 0.384. The summed E-state index contributed by atoms with van der Waals surface area (Å²) in [7, 11) is 0. The van der Waals surface area contributed by atoms with E-state index < -0.39 is 13.0 Å². The zero-order valence-electron chi connectivity index (χ0n) is 14.9. The van der Waals surface area contributed by atoms with Gasteiger partial charge in [0, 0.05) is 6.54 Å². The molecule has 1 aliphatic heterocycles. The third-order valence-corrected chi connectivity index (χ3v) is 5.10. The molecule has 3 aromatic rings. The lowest BCUT2D eigenvalue weighted by Gasteiger charge is -2.26. The van der Waals surface area contributed by atoms with Crippen LogP contribution in [-0.4, -0.2) is 27.4 Å². The molecule has 0 saturated carbocycles. The van der Waals surface area contributed by atoms with E-state index >= 15 is 0 Å². The maximum absolute atomic E-state index is 13.2. The average molecular weight is 369 g/mol. The number of fused-ring (bicyclic) bond motifs is 1. The Balaban J connectivity index is 1.77. The summed E-state index contributed by atoms with van der Waals surface area (Å²) in [6.07, 6.45) is -0.844. The SMILES string of the molecule is O=c1c2ccccc2nc(C2CCCN2Cc2ccccc2)n1CC(F)F. The molecule has 0 radical (unpaired) electrons. The van der Waals surface area contributed by atoms with E-state index in [0.29, 0.717) is 23.3 Å². The van der Waals surface area contributed by atoms with Crippen molar-refractivity contribution in [3.05, 3.63) is 76.3 Å². The van der Waals surface area contributed by atoms with Gasteiger partial charge in [-0.25, -0.2) is 13.8 Å². The molecular weight excluding hydrogens is 348 g/mol. The predicted octanol–water partition coefficient (Wildman–Crippen LogP) is 4.00. The van der Waals surface area contributed by atoms with Gasteiger partial charge in [0.1, 0.15) is 5.82 Å². The van der Waals surface area contributed by atoms with E-state index in [4.69, 9.17) is 0 Å². The van der Waals surface area contributed by atoms with Crippen molar-refractivity contribution in [3.63, 3.8) is 0 Å². The van der Waals surface area contributed by atoms with Crippen LogP contribution in [0, 0.1) is 0 Å². The molecule has 0 aliphatic carbocycles. The average Bonchev–Trinajstić information content (AvgIpc) is 3.12. The molecule has 0 N–H and O–H groups in total. The molecule has 0 amide bonds. The Kier molecular flexibility index (Phi) is 4.99. The summed E-state index contributed by atoms with van der Waals surface area (Å²) in [6.45, 7) is 0.946. The molecule has 4 nitrogen and oxygen atoms in total. The van der Waals surface area contributed by atoms with Crippen molar-refractivity contribution in [2.45, 2.75) is 38.4 Å². The largest absolute Gasteiger partial charge is 0.289 e. The van der Waals surface area contributed by atoms with Gasteiger partial charge in [-0.1, -0.05) is 42.5 Å². The predicted molar refractivity (Wildman–Crippen MR) is 101 cm³/mol. The first-order valence-electron chi connectivity index (χ1n) is 9.19. The van der Waals surface area contributed by atoms with Crippen LogP contribution in [0.3, 0.4) is 0 Å². The van der Waals surface area contributed by atoms with Crippen molar-refractivity contribution in [3.8, 4) is 0 Å². The van der Waals surface area contributed by atoms with Gasteiger partial charge in [0.2, 0.25) is 0 Å². The molecule has 6 heteroatoms. The molecule has 2 aromatic carbocycles. The lowest BCUT2D eigenvalue weighted by atomic mass is 10.1. The second-order valence-electron chi connectivity index (χ2n) is 6.91. The molecule has 27 heavy (non-hydrogen) atoms. The second kappa shape index (κ2) is 7.56. The number of rotatable bonds is 5. The molecule has 140 valence electrons. The molecule has 1 atom stereocenters. The minimum absolute atomic E-state index is 0.138. The van der Waals surface area contributed by atoms with E-state index in [1.807, 2.05) is 24.3 Å². The minimum atomic E-state index is -2.60. The van der Waals surface area contributed by atoms with Crippen molar-refractivity contribution >= 4 is 10.9 Å². The highest BCUT2D eigenvalue weighted by Crippen LogP contribution is 2.32. The van der Waals surface area contributed by atoms with Crippen LogP contribution in [0.5, 0.6) is 0 Å². The Morgan fingerprint density at radius 2 is 1.81 bits per heavy atom. The summed E-state index contributed by atoms with van der Waals surface area (Å²) in [5.41, 5.74) is 1.34. The van der Waals surface area contributed by atoms with E-state index in [0.717, 1.165) is 24.9 Å². The van der Waals surface area contributed by atoms with Crippen molar-refractivity contribution in [2.24, 2.45) is 0 Å². The van der Waals surface area contributed by atoms with Crippen LogP contribution in [0.15, 0.2) is 59.4 Å². The lowest BCUT2D eigenvalue weighted by Crippen LogP contribution is -2.33. The van der Waals surface area contributed by atoms with Gasteiger partial charge >= 0.3 is 0 Å². The van der Waals surface area contributed by atoms with Gasteiger partial charge < -0.3 is 0 Å². The van der Waals surface area contributed by atoms with Gasteiger partial charge in [0.15, 0.2) is 0 Å². The molecule has 1 saturated heterocycles.